The summed E-state index contributed by atoms with van der Waals surface area (Å²) in [5, 5.41) is 3.42. The van der Waals surface area contributed by atoms with Crippen molar-refractivity contribution in [3.8, 4) is 0 Å². The number of rotatable bonds is 1. The Kier molecular flexibility index (Phi) is 8.69. The van der Waals surface area contributed by atoms with Crippen LogP contribution in [0.4, 0.5) is 0 Å². The van der Waals surface area contributed by atoms with Crippen molar-refractivity contribution in [2.24, 2.45) is 5.92 Å². The first-order chi connectivity index (χ1) is 4.70. The van der Waals surface area contributed by atoms with Crippen LogP contribution in [0.5, 0.6) is 0 Å². The third kappa shape index (κ3) is 4.51. The van der Waals surface area contributed by atoms with Crippen LogP contribution in [0.1, 0.15) is 13.3 Å². The van der Waals surface area contributed by atoms with Crippen LogP contribution in [0.25, 0.3) is 0 Å². The fourth-order valence-electron chi connectivity index (χ4n) is 1.52. The molecular weight excluding hydrogens is 195 g/mol. The molecule has 0 saturated carbocycles. The van der Waals surface area contributed by atoms with Crippen LogP contribution in [0, 0.1) is 5.92 Å². The molecule has 1 heterocycles. The third-order valence-corrected chi connectivity index (χ3v) is 2.28. The van der Waals surface area contributed by atoms with E-state index in [2.05, 4.69) is 31.2 Å². The van der Waals surface area contributed by atoms with Crippen LogP contribution >= 0.6 is 24.8 Å². The van der Waals surface area contributed by atoms with Crippen molar-refractivity contribution in [2.45, 2.75) is 19.4 Å². The number of nitrogens with one attached hydrogen (secondary N) is 1. The van der Waals surface area contributed by atoms with Gasteiger partial charge in [0.25, 0.3) is 0 Å². The summed E-state index contributed by atoms with van der Waals surface area (Å²) in [5.74, 6) is 0.848. The van der Waals surface area contributed by atoms with E-state index in [-0.39, 0.29) is 24.8 Å². The van der Waals surface area contributed by atoms with Crippen LogP contribution < -0.4 is 5.32 Å². The lowest BCUT2D eigenvalue weighted by atomic mass is 9.97. The predicted molar refractivity (Wildman–Crippen MR) is 58.6 cm³/mol. The molecule has 0 spiro atoms. The summed E-state index contributed by atoms with van der Waals surface area (Å²) in [4.78, 5) is 2.31. The Morgan fingerprint density at radius 2 is 1.75 bits per heavy atom. The Labute approximate surface area is 87.9 Å². The van der Waals surface area contributed by atoms with Crippen molar-refractivity contribution in [1.29, 1.82) is 0 Å². The topological polar surface area (TPSA) is 15.3 Å². The molecule has 12 heavy (non-hydrogen) atoms. The fraction of sp³-hybridized carbons (Fsp3) is 1.00. The van der Waals surface area contributed by atoms with E-state index in [1.807, 2.05) is 0 Å². The number of likely N-dealkylation sites (N-methyl/N-ethyl adjacent to an activating group) is 1. The molecule has 0 amide bonds. The van der Waals surface area contributed by atoms with E-state index in [0.717, 1.165) is 18.5 Å². The lowest BCUT2D eigenvalue weighted by molar-refractivity contribution is 0.208. The van der Waals surface area contributed by atoms with Gasteiger partial charge in [0.15, 0.2) is 0 Å². The highest BCUT2D eigenvalue weighted by Crippen LogP contribution is 2.12. The largest absolute Gasteiger partial charge is 0.315 e. The van der Waals surface area contributed by atoms with Gasteiger partial charge in [-0.3, -0.25) is 0 Å². The van der Waals surface area contributed by atoms with Gasteiger partial charge in [0, 0.05) is 12.6 Å². The summed E-state index contributed by atoms with van der Waals surface area (Å²) in [6, 6.07) is 0.753. The van der Waals surface area contributed by atoms with Gasteiger partial charge in [-0.15, -0.1) is 24.8 Å². The van der Waals surface area contributed by atoms with Gasteiger partial charge in [-0.1, -0.05) is 6.92 Å². The summed E-state index contributed by atoms with van der Waals surface area (Å²) < 4.78 is 0. The molecule has 0 aliphatic carbocycles. The van der Waals surface area contributed by atoms with E-state index >= 15 is 0 Å². The Morgan fingerprint density at radius 3 is 2.08 bits per heavy atom. The smallest absolute Gasteiger partial charge is 0.0217 e. The standard InChI is InChI=1S/C8H18N2.2ClH/c1-7-4-8(10(2)3)6-9-5-7;;/h7-9H,4-6H2,1-3H3;2*1H/t7-,8+;;/m0../s1. The van der Waals surface area contributed by atoms with Crippen molar-refractivity contribution >= 4 is 24.8 Å². The molecule has 1 aliphatic heterocycles. The van der Waals surface area contributed by atoms with Crippen LogP contribution in [-0.2, 0) is 0 Å². The highest BCUT2D eigenvalue weighted by molar-refractivity contribution is 5.85. The van der Waals surface area contributed by atoms with Crippen molar-refractivity contribution in [2.75, 3.05) is 27.2 Å². The third-order valence-electron chi connectivity index (χ3n) is 2.28. The fourth-order valence-corrected chi connectivity index (χ4v) is 1.52. The summed E-state index contributed by atoms with van der Waals surface area (Å²) in [7, 11) is 4.31. The molecule has 2 nitrogen and oxygen atoms in total. The molecule has 0 radical (unpaired) electrons. The molecule has 1 rings (SSSR count). The SMILES string of the molecule is C[C@@H]1CNC[C@H](N(C)C)C1.Cl.Cl. The first-order valence-electron chi connectivity index (χ1n) is 4.07. The normalized spacial score (nSPS) is 29.0. The molecule has 1 N–H and O–H groups in total. The van der Waals surface area contributed by atoms with Crippen LogP contribution in [0.3, 0.4) is 0 Å². The van der Waals surface area contributed by atoms with Gasteiger partial charge in [-0.05, 0) is 33.0 Å². The lowest BCUT2D eigenvalue weighted by Gasteiger charge is -2.32. The van der Waals surface area contributed by atoms with Gasteiger partial charge in [0.2, 0.25) is 0 Å². The van der Waals surface area contributed by atoms with Crippen molar-refractivity contribution in [3.63, 3.8) is 0 Å². The number of hydrogen-bond acceptors (Lipinski definition) is 2. The van der Waals surface area contributed by atoms with Gasteiger partial charge in [-0.25, -0.2) is 0 Å². The molecule has 0 aromatic carbocycles. The molecule has 0 aromatic rings. The Hall–Kier alpha value is 0.500. The lowest BCUT2D eigenvalue weighted by Crippen LogP contribution is -2.45. The van der Waals surface area contributed by atoms with Crippen molar-refractivity contribution in [3.05, 3.63) is 0 Å². The van der Waals surface area contributed by atoms with E-state index < -0.39 is 0 Å². The number of hydrogen-bond donors (Lipinski definition) is 1. The summed E-state index contributed by atoms with van der Waals surface area (Å²) in [6.07, 6.45) is 1.35. The summed E-state index contributed by atoms with van der Waals surface area (Å²) >= 11 is 0. The average Bonchev–Trinajstić information content (AvgIpc) is 1.88. The molecule has 0 bridgehead atoms. The zero-order valence-electron chi connectivity index (χ0n) is 8.04. The predicted octanol–water partition coefficient (Wildman–Crippen LogP) is 1.39. The first-order valence-corrected chi connectivity index (χ1v) is 4.07. The molecule has 0 unspecified atom stereocenters. The zero-order valence-corrected chi connectivity index (χ0v) is 9.67. The monoisotopic (exact) mass is 214 g/mol. The maximum Gasteiger partial charge on any atom is 0.0217 e. The second-order valence-corrected chi connectivity index (χ2v) is 3.62. The maximum absolute atomic E-state index is 3.42. The Balaban J connectivity index is 0. The summed E-state index contributed by atoms with van der Waals surface area (Å²) in [5.41, 5.74) is 0. The van der Waals surface area contributed by atoms with Crippen LogP contribution in [-0.4, -0.2) is 38.1 Å². The zero-order chi connectivity index (χ0) is 7.56. The molecule has 1 aliphatic rings. The Morgan fingerprint density at radius 1 is 1.17 bits per heavy atom. The number of nitrogens with zero attached hydrogens (tertiary/aromatic N) is 1. The highest BCUT2D eigenvalue weighted by Gasteiger charge is 2.19. The summed E-state index contributed by atoms with van der Waals surface area (Å²) in [6.45, 7) is 4.67. The molecular formula is C8H20Cl2N2. The van der Waals surface area contributed by atoms with Gasteiger partial charge in [0.05, 0.1) is 0 Å². The minimum Gasteiger partial charge on any atom is -0.315 e. The van der Waals surface area contributed by atoms with E-state index in [4.69, 9.17) is 0 Å². The average molecular weight is 215 g/mol. The second kappa shape index (κ2) is 6.96. The highest BCUT2D eigenvalue weighted by atomic mass is 35.5. The quantitative estimate of drug-likeness (QED) is 0.711. The minimum atomic E-state index is 0. The molecule has 76 valence electrons. The van der Waals surface area contributed by atoms with E-state index in [0.29, 0.717) is 0 Å². The first kappa shape index (κ1) is 15.0. The van der Waals surface area contributed by atoms with Crippen molar-refractivity contribution < 1.29 is 0 Å². The van der Waals surface area contributed by atoms with E-state index in [9.17, 15) is 0 Å². The molecule has 0 aromatic heterocycles. The molecule has 1 saturated heterocycles. The van der Waals surface area contributed by atoms with Crippen LogP contribution in [0.15, 0.2) is 0 Å². The Bertz CT molecular complexity index is 109. The van der Waals surface area contributed by atoms with Crippen molar-refractivity contribution in [1.82, 2.24) is 10.2 Å². The van der Waals surface area contributed by atoms with Gasteiger partial charge < -0.3 is 10.2 Å². The van der Waals surface area contributed by atoms with Gasteiger partial charge >= 0.3 is 0 Å². The van der Waals surface area contributed by atoms with Gasteiger partial charge in [-0.2, -0.15) is 0 Å². The molecule has 2 atom stereocenters. The maximum atomic E-state index is 3.42. The number of piperidine rings is 1. The van der Waals surface area contributed by atoms with Gasteiger partial charge in [0.1, 0.15) is 0 Å². The second-order valence-electron chi connectivity index (χ2n) is 3.62. The molecule has 4 heteroatoms. The van der Waals surface area contributed by atoms with E-state index in [1.54, 1.807) is 0 Å². The van der Waals surface area contributed by atoms with E-state index in [1.165, 1.54) is 13.0 Å². The minimum absolute atomic E-state index is 0. The van der Waals surface area contributed by atoms with Crippen LogP contribution in [0.2, 0.25) is 0 Å². The molecule has 1 fully saturated rings. The number of halogens is 2.